The molecule has 3 aromatic carbocycles. The van der Waals surface area contributed by atoms with Crippen molar-refractivity contribution in [3.8, 4) is 11.5 Å². The van der Waals surface area contributed by atoms with Crippen LogP contribution in [-0.2, 0) is 4.79 Å². The predicted octanol–water partition coefficient (Wildman–Crippen LogP) is 4.05. The molecule has 0 fully saturated rings. The minimum absolute atomic E-state index is 0.0587. The van der Waals surface area contributed by atoms with E-state index < -0.39 is 5.91 Å². The standard InChI is InChI=1S/C27H31ClN4O4/c1-27(2,17-32(3)4)16-29-25(34)15-36-24-12-10-19(20-7-5-6-8-21(20)24)14-30-31-26(35)18-9-11-23(33)22(28)13-18/h5-14,33H,15-17H2,1-4H3,(H,29,34)(H,31,35)/b30-14+. The molecule has 0 atom stereocenters. The molecule has 0 heterocycles. The highest BCUT2D eigenvalue weighted by molar-refractivity contribution is 6.32. The van der Waals surface area contributed by atoms with Crippen molar-refractivity contribution in [2.45, 2.75) is 13.8 Å². The summed E-state index contributed by atoms with van der Waals surface area (Å²) in [6.45, 7) is 5.51. The van der Waals surface area contributed by atoms with Gasteiger partial charge in [-0.15, -0.1) is 0 Å². The number of phenolic OH excluding ortho intramolecular Hbond substituents is 1. The zero-order valence-electron chi connectivity index (χ0n) is 20.8. The van der Waals surface area contributed by atoms with Crippen molar-refractivity contribution in [2.75, 3.05) is 33.8 Å². The van der Waals surface area contributed by atoms with Crippen LogP contribution in [-0.4, -0.2) is 61.8 Å². The second kappa shape index (κ2) is 11.9. The van der Waals surface area contributed by atoms with Gasteiger partial charge >= 0.3 is 0 Å². The lowest BCUT2D eigenvalue weighted by Gasteiger charge is -2.28. The van der Waals surface area contributed by atoms with Gasteiger partial charge in [0.15, 0.2) is 6.61 Å². The average molecular weight is 511 g/mol. The number of carbonyl (C=O) groups is 2. The maximum Gasteiger partial charge on any atom is 0.271 e. The summed E-state index contributed by atoms with van der Waals surface area (Å²) in [4.78, 5) is 26.8. The monoisotopic (exact) mass is 510 g/mol. The highest BCUT2D eigenvalue weighted by Gasteiger charge is 2.20. The fourth-order valence-electron chi connectivity index (χ4n) is 3.85. The van der Waals surface area contributed by atoms with Crippen LogP contribution in [0.1, 0.15) is 29.8 Å². The van der Waals surface area contributed by atoms with Crippen LogP contribution in [0, 0.1) is 5.41 Å². The molecule has 0 radical (unpaired) electrons. The number of hydrazone groups is 1. The van der Waals surface area contributed by atoms with Crippen LogP contribution in [0.4, 0.5) is 0 Å². The molecule has 3 N–H and O–H groups in total. The number of halogens is 1. The van der Waals surface area contributed by atoms with Crippen molar-refractivity contribution in [1.29, 1.82) is 0 Å². The van der Waals surface area contributed by atoms with Gasteiger partial charge in [-0.05, 0) is 55.2 Å². The first-order chi connectivity index (χ1) is 17.1. The van der Waals surface area contributed by atoms with E-state index in [1.165, 1.54) is 24.4 Å². The van der Waals surface area contributed by atoms with E-state index in [4.69, 9.17) is 16.3 Å². The molecule has 190 valence electrons. The Morgan fingerprint density at radius 3 is 2.53 bits per heavy atom. The van der Waals surface area contributed by atoms with E-state index in [-0.39, 0.29) is 34.3 Å². The molecule has 0 aliphatic heterocycles. The summed E-state index contributed by atoms with van der Waals surface area (Å²) in [6.07, 6.45) is 1.53. The Morgan fingerprint density at radius 1 is 1.11 bits per heavy atom. The number of aromatic hydroxyl groups is 1. The number of nitrogens with zero attached hydrogens (tertiary/aromatic N) is 2. The smallest absolute Gasteiger partial charge is 0.271 e. The molecule has 3 rings (SSSR count). The summed E-state index contributed by atoms with van der Waals surface area (Å²) in [7, 11) is 4.01. The summed E-state index contributed by atoms with van der Waals surface area (Å²) >= 11 is 5.86. The van der Waals surface area contributed by atoms with Gasteiger partial charge in [0.25, 0.3) is 11.8 Å². The topological polar surface area (TPSA) is 103 Å². The van der Waals surface area contributed by atoms with Gasteiger partial charge in [-0.1, -0.05) is 49.7 Å². The van der Waals surface area contributed by atoms with Gasteiger partial charge in [0, 0.05) is 29.6 Å². The van der Waals surface area contributed by atoms with Crippen molar-refractivity contribution < 1.29 is 19.4 Å². The van der Waals surface area contributed by atoms with Crippen molar-refractivity contribution in [3.05, 3.63) is 70.7 Å². The second-order valence-electron chi connectivity index (χ2n) is 9.53. The first kappa shape index (κ1) is 27.0. The molecule has 9 heteroatoms. The molecule has 0 saturated heterocycles. The molecule has 0 aromatic heterocycles. The first-order valence-corrected chi connectivity index (χ1v) is 11.8. The Labute approximate surface area is 215 Å². The molecular weight excluding hydrogens is 480 g/mol. The number of rotatable bonds is 10. The number of fused-ring (bicyclic) bond motifs is 1. The Kier molecular flexibility index (Phi) is 8.90. The van der Waals surface area contributed by atoms with Crippen LogP contribution in [0.2, 0.25) is 5.02 Å². The van der Waals surface area contributed by atoms with E-state index in [9.17, 15) is 14.7 Å². The van der Waals surface area contributed by atoms with Crippen LogP contribution in [0.3, 0.4) is 0 Å². The minimum atomic E-state index is -0.461. The third-order valence-electron chi connectivity index (χ3n) is 5.36. The van der Waals surface area contributed by atoms with Gasteiger partial charge in [-0.25, -0.2) is 5.43 Å². The Hall–Kier alpha value is -3.62. The van der Waals surface area contributed by atoms with E-state index in [1.807, 2.05) is 44.4 Å². The van der Waals surface area contributed by atoms with Crippen LogP contribution in [0.5, 0.6) is 11.5 Å². The van der Waals surface area contributed by atoms with Gasteiger partial charge in [0.2, 0.25) is 0 Å². The molecule has 0 aliphatic carbocycles. The van der Waals surface area contributed by atoms with Crippen LogP contribution >= 0.6 is 11.6 Å². The molecule has 0 aliphatic rings. The fourth-order valence-corrected chi connectivity index (χ4v) is 4.03. The number of ether oxygens (including phenoxy) is 1. The minimum Gasteiger partial charge on any atom is -0.506 e. The van der Waals surface area contributed by atoms with Crippen LogP contribution in [0.15, 0.2) is 59.7 Å². The zero-order chi connectivity index (χ0) is 26.3. The van der Waals surface area contributed by atoms with Crippen molar-refractivity contribution in [1.82, 2.24) is 15.6 Å². The Bertz CT molecular complexity index is 1270. The zero-order valence-corrected chi connectivity index (χ0v) is 21.6. The largest absolute Gasteiger partial charge is 0.506 e. The van der Waals surface area contributed by atoms with Gasteiger partial charge in [-0.2, -0.15) is 5.10 Å². The average Bonchev–Trinajstić information content (AvgIpc) is 2.83. The number of nitrogens with one attached hydrogen (secondary N) is 2. The maximum absolute atomic E-state index is 12.4. The van der Waals surface area contributed by atoms with Gasteiger partial charge in [0.1, 0.15) is 11.5 Å². The SMILES string of the molecule is CN(C)CC(C)(C)CNC(=O)COc1ccc(/C=N/NC(=O)c2ccc(O)c(Cl)c2)c2ccccc12. The molecule has 0 spiro atoms. The lowest BCUT2D eigenvalue weighted by molar-refractivity contribution is -0.123. The summed E-state index contributed by atoms with van der Waals surface area (Å²) in [6, 6.07) is 15.3. The molecule has 36 heavy (non-hydrogen) atoms. The normalized spacial score (nSPS) is 11.7. The lowest BCUT2D eigenvalue weighted by atomic mass is 9.93. The second-order valence-corrected chi connectivity index (χ2v) is 9.94. The lowest BCUT2D eigenvalue weighted by Crippen LogP contribution is -2.41. The number of hydrogen-bond donors (Lipinski definition) is 3. The third-order valence-corrected chi connectivity index (χ3v) is 5.67. The molecule has 8 nitrogen and oxygen atoms in total. The van der Waals surface area contributed by atoms with E-state index in [0.717, 1.165) is 22.9 Å². The van der Waals surface area contributed by atoms with Crippen LogP contribution < -0.4 is 15.5 Å². The number of benzene rings is 3. The van der Waals surface area contributed by atoms with E-state index >= 15 is 0 Å². The van der Waals surface area contributed by atoms with Gasteiger partial charge in [0.05, 0.1) is 11.2 Å². The summed E-state index contributed by atoms with van der Waals surface area (Å²) in [5, 5.41) is 18.3. The first-order valence-electron chi connectivity index (χ1n) is 11.4. The summed E-state index contributed by atoms with van der Waals surface area (Å²) < 4.78 is 5.83. The van der Waals surface area contributed by atoms with Crippen LogP contribution in [0.25, 0.3) is 10.8 Å². The summed E-state index contributed by atoms with van der Waals surface area (Å²) in [5.41, 5.74) is 3.43. The molecular formula is C27H31ClN4O4. The summed E-state index contributed by atoms with van der Waals surface area (Å²) in [5.74, 6) is -0.171. The highest BCUT2D eigenvalue weighted by Crippen LogP contribution is 2.28. The quantitative estimate of drug-likeness (QED) is 0.282. The van der Waals surface area contributed by atoms with E-state index in [1.54, 1.807) is 6.07 Å². The molecule has 3 aromatic rings. The van der Waals surface area contributed by atoms with Crippen molar-refractivity contribution >= 4 is 40.4 Å². The third kappa shape index (κ3) is 7.44. The Balaban J connectivity index is 1.65. The fraction of sp³-hybridized carbons (Fsp3) is 0.296. The Morgan fingerprint density at radius 2 is 1.83 bits per heavy atom. The number of hydrogen-bond acceptors (Lipinski definition) is 6. The van der Waals surface area contributed by atoms with Gasteiger partial charge < -0.3 is 20.1 Å². The van der Waals surface area contributed by atoms with E-state index in [2.05, 4.69) is 34.6 Å². The molecule has 0 bridgehead atoms. The number of phenols is 1. The maximum atomic E-state index is 12.4. The molecule has 0 saturated carbocycles. The highest BCUT2D eigenvalue weighted by atomic mass is 35.5. The number of carbonyl (C=O) groups excluding carboxylic acids is 2. The van der Waals surface area contributed by atoms with Crippen molar-refractivity contribution in [3.63, 3.8) is 0 Å². The van der Waals surface area contributed by atoms with Gasteiger partial charge in [-0.3, -0.25) is 9.59 Å². The number of amides is 2. The molecule has 0 unspecified atom stereocenters. The van der Waals surface area contributed by atoms with Crippen molar-refractivity contribution in [2.24, 2.45) is 10.5 Å². The predicted molar refractivity (Wildman–Crippen MR) is 143 cm³/mol. The molecule has 2 amide bonds. The van der Waals surface area contributed by atoms with E-state index in [0.29, 0.717) is 12.3 Å².